The van der Waals surface area contributed by atoms with Crippen molar-refractivity contribution in [3.8, 4) is 17.1 Å². The zero-order chi connectivity index (χ0) is 17.2. The van der Waals surface area contributed by atoms with Gasteiger partial charge >= 0.3 is 0 Å². The second-order valence-electron chi connectivity index (χ2n) is 5.21. The second kappa shape index (κ2) is 6.78. The van der Waals surface area contributed by atoms with E-state index < -0.39 is 9.84 Å². The summed E-state index contributed by atoms with van der Waals surface area (Å²) in [6.07, 6.45) is 1.20. The summed E-state index contributed by atoms with van der Waals surface area (Å²) in [5.74, 6) is 1.60. The Bertz CT molecular complexity index is 934. The topological polar surface area (TPSA) is 64.8 Å². The molecule has 0 aliphatic carbocycles. The van der Waals surface area contributed by atoms with Crippen LogP contribution in [0.25, 0.3) is 17.1 Å². The number of hydrogen-bond acceptors (Lipinski definition) is 5. The largest absolute Gasteiger partial charge is 0.270 e. The average Bonchev–Trinajstić information content (AvgIpc) is 2.99. The molecule has 0 saturated heterocycles. The van der Waals surface area contributed by atoms with Crippen LogP contribution >= 0.6 is 11.8 Å². The molecule has 0 radical (unpaired) electrons. The zero-order valence-corrected chi connectivity index (χ0v) is 15.0. The maximum atomic E-state index is 11.7. The Balaban J connectivity index is 2.13. The average molecular weight is 359 g/mol. The molecule has 3 aromatic rings. The van der Waals surface area contributed by atoms with Crippen molar-refractivity contribution in [2.75, 3.05) is 12.0 Å². The lowest BCUT2D eigenvalue weighted by Crippen LogP contribution is -2.01. The van der Waals surface area contributed by atoms with Gasteiger partial charge in [-0.05, 0) is 30.0 Å². The van der Waals surface area contributed by atoms with Crippen LogP contribution < -0.4 is 0 Å². The minimum atomic E-state index is -3.22. The smallest absolute Gasteiger partial charge is 0.196 e. The van der Waals surface area contributed by atoms with E-state index in [2.05, 4.69) is 17.1 Å². The molecular formula is C17H17N3O2S2. The fourth-order valence-corrected chi connectivity index (χ4v) is 3.65. The van der Waals surface area contributed by atoms with Gasteiger partial charge in [-0.25, -0.2) is 8.42 Å². The van der Waals surface area contributed by atoms with Crippen LogP contribution in [0.5, 0.6) is 0 Å². The van der Waals surface area contributed by atoms with Crippen LogP contribution in [0.15, 0.2) is 64.6 Å². The predicted molar refractivity (Wildman–Crippen MR) is 96.3 cm³/mol. The SMILES string of the molecule is CCSc1nnc(-c2ccccc2)n1-c1ccc(S(C)(=O)=O)cc1. The van der Waals surface area contributed by atoms with Gasteiger partial charge < -0.3 is 0 Å². The molecule has 3 rings (SSSR count). The van der Waals surface area contributed by atoms with Crippen LogP contribution in [-0.4, -0.2) is 35.2 Å². The van der Waals surface area contributed by atoms with Crippen LogP contribution in [0.4, 0.5) is 0 Å². The molecule has 0 spiro atoms. The molecular weight excluding hydrogens is 342 g/mol. The molecule has 0 unspecified atom stereocenters. The van der Waals surface area contributed by atoms with Crippen LogP contribution in [-0.2, 0) is 9.84 Å². The molecule has 1 heterocycles. The van der Waals surface area contributed by atoms with Crippen molar-refractivity contribution >= 4 is 21.6 Å². The van der Waals surface area contributed by atoms with E-state index in [1.165, 1.54) is 6.26 Å². The Kier molecular flexibility index (Phi) is 4.73. The molecule has 24 heavy (non-hydrogen) atoms. The summed E-state index contributed by atoms with van der Waals surface area (Å²) in [6, 6.07) is 16.6. The van der Waals surface area contributed by atoms with Gasteiger partial charge in [-0.2, -0.15) is 0 Å². The van der Waals surface area contributed by atoms with Gasteiger partial charge in [0.25, 0.3) is 0 Å². The quantitative estimate of drug-likeness (QED) is 0.653. The van der Waals surface area contributed by atoms with E-state index >= 15 is 0 Å². The second-order valence-corrected chi connectivity index (χ2v) is 8.45. The van der Waals surface area contributed by atoms with E-state index in [0.717, 1.165) is 28.0 Å². The first kappa shape index (κ1) is 16.7. The lowest BCUT2D eigenvalue weighted by molar-refractivity contribution is 0.602. The highest BCUT2D eigenvalue weighted by molar-refractivity contribution is 7.99. The van der Waals surface area contributed by atoms with E-state index in [1.807, 2.05) is 34.9 Å². The molecule has 2 aromatic carbocycles. The van der Waals surface area contributed by atoms with Crippen molar-refractivity contribution in [1.82, 2.24) is 14.8 Å². The van der Waals surface area contributed by atoms with Gasteiger partial charge in [-0.3, -0.25) is 4.57 Å². The lowest BCUT2D eigenvalue weighted by Gasteiger charge is -2.10. The van der Waals surface area contributed by atoms with Gasteiger partial charge in [-0.1, -0.05) is 49.0 Å². The van der Waals surface area contributed by atoms with E-state index in [0.29, 0.717) is 4.90 Å². The monoisotopic (exact) mass is 359 g/mol. The summed E-state index contributed by atoms with van der Waals surface area (Å²) in [5.41, 5.74) is 1.79. The van der Waals surface area contributed by atoms with E-state index in [-0.39, 0.29) is 0 Å². The predicted octanol–water partition coefficient (Wildman–Crippen LogP) is 3.45. The number of aromatic nitrogens is 3. The third kappa shape index (κ3) is 3.37. The fraction of sp³-hybridized carbons (Fsp3) is 0.176. The van der Waals surface area contributed by atoms with Crippen LogP contribution in [0.1, 0.15) is 6.92 Å². The van der Waals surface area contributed by atoms with E-state index in [1.54, 1.807) is 36.0 Å². The van der Waals surface area contributed by atoms with Crippen LogP contribution in [0.3, 0.4) is 0 Å². The zero-order valence-electron chi connectivity index (χ0n) is 13.4. The molecule has 0 aliphatic rings. The van der Waals surface area contributed by atoms with Crippen LogP contribution in [0, 0.1) is 0 Å². The van der Waals surface area contributed by atoms with E-state index in [4.69, 9.17) is 0 Å². The van der Waals surface area contributed by atoms with Crippen LogP contribution in [0.2, 0.25) is 0 Å². The minimum absolute atomic E-state index is 0.297. The molecule has 0 aliphatic heterocycles. The van der Waals surface area contributed by atoms with Crippen molar-refractivity contribution in [3.05, 3.63) is 54.6 Å². The Morgan fingerprint density at radius 2 is 1.67 bits per heavy atom. The fourth-order valence-electron chi connectivity index (χ4n) is 2.34. The normalized spacial score (nSPS) is 11.6. The molecule has 0 amide bonds. The minimum Gasteiger partial charge on any atom is -0.270 e. The number of sulfone groups is 1. The molecule has 124 valence electrons. The van der Waals surface area contributed by atoms with Gasteiger partial charge in [0.1, 0.15) is 0 Å². The first-order chi connectivity index (χ1) is 11.5. The van der Waals surface area contributed by atoms with Gasteiger partial charge in [0.15, 0.2) is 20.8 Å². The van der Waals surface area contributed by atoms with Gasteiger partial charge in [0, 0.05) is 17.5 Å². The highest BCUT2D eigenvalue weighted by atomic mass is 32.2. The maximum absolute atomic E-state index is 11.7. The molecule has 1 aromatic heterocycles. The molecule has 0 atom stereocenters. The number of nitrogens with zero attached hydrogens (tertiary/aromatic N) is 3. The molecule has 0 N–H and O–H groups in total. The summed E-state index contributed by atoms with van der Waals surface area (Å²) in [7, 11) is -3.22. The maximum Gasteiger partial charge on any atom is 0.196 e. The summed E-state index contributed by atoms with van der Waals surface area (Å²) in [5, 5.41) is 9.39. The van der Waals surface area contributed by atoms with Gasteiger partial charge in [0.2, 0.25) is 0 Å². The third-order valence-corrected chi connectivity index (χ3v) is 5.40. The van der Waals surface area contributed by atoms with Gasteiger partial charge in [-0.15, -0.1) is 10.2 Å². The van der Waals surface area contributed by atoms with Crippen molar-refractivity contribution in [1.29, 1.82) is 0 Å². The molecule has 7 heteroatoms. The number of benzene rings is 2. The summed E-state index contributed by atoms with van der Waals surface area (Å²) >= 11 is 1.59. The summed E-state index contributed by atoms with van der Waals surface area (Å²) in [4.78, 5) is 0.297. The standard InChI is InChI=1S/C17H17N3O2S2/c1-3-23-17-19-18-16(13-7-5-4-6-8-13)20(17)14-9-11-15(12-10-14)24(2,21)22/h4-12H,3H2,1-2H3. The van der Waals surface area contributed by atoms with Crippen molar-refractivity contribution in [2.45, 2.75) is 17.0 Å². The Morgan fingerprint density at radius 3 is 2.25 bits per heavy atom. The first-order valence-corrected chi connectivity index (χ1v) is 10.3. The van der Waals surface area contributed by atoms with E-state index in [9.17, 15) is 8.42 Å². The molecule has 0 fully saturated rings. The third-order valence-electron chi connectivity index (χ3n) is 3.46. The molecule has 0 saturated carbocycles. The summed E-state index contributed by atoms with van der Waals surface area (Å²) < 4.78 is 25.3. The number of thioether (sulfide) groups is 1. The Hall–Kier alpha value is -2.12. The molecule has 5 nitrogen and oxygen atoms in total. The highest BCUT2D eigenvalue weighted by Gasteiger charge is 2.16. The number of hydrogen-bond donors (Lipinski definition) is 0. The van der Waals surface area contributed by atoms with Crippen molar-refractivity contribution in [3.63, 3.8) is 0 Å². The Labute approximate surface area is 145 Å². The van der Waals surface area contributed by atoms with Crippen molar-refractivity contribution < 1.29 is 8.42 Å². The first-order valence-electron chi connectivity index (χ1n) is 7.45. The van der Waals surface area contributed by atoms with Gasteiger partial charge in [0.05, 0.1) is 4.90 Å². The Morgan fingerprint density at radius 1 is 1.00 bits per heavy atom. The molecule has 0 bridgehead atoms. The summed E-state index contributed by atoms with van der Waals surface area (Å²) in [6.45, 7) is 2.05. The number of rotatable bonds is 5. The van der Waals surface area contributed by atoms with Crippen molar-refractivity contribution in [2.24, 2.45) is 0 Å². The lowest BCUT2D eigenvalue weighted by atomic mass is 10.2. The highest BCUT2D eigenvalue weighted by Crippen LogP contribution is 2.28.